The number of ketones is 1. The van der Waals surface area contributed by atoms with Crippen LogP contribution in [0, 0.1) is 13.8 Å². The molecule has 8 heteroatoms. The number of hydrogen-bond acceptors (Lipinski definition) is 7. The summed E-state index contributed by atoms with van der Waals surface area (Å²) in [4.78, 5) is 28.6. The zero-order chi connectivity index (χ0) is 21.8. The number of Topliss-reactive ketones (excluding diaryl/α,β-unsaturated/α-hetero) is 1. The molecular weight excluding hydrogens is 416 g/mol. The van der Waals surface area contributed by atoms with Crippen molar-refractivity contribution in [3.05, 3.63) is 69.9 Å². The lowest BCUT2D eigenvalue weighted by molar-refractivity contribution is -0.136. The van der Waals surface area contributed by atoms with Crippen molar-refractivity contribution in [2.24, 2.45) is 0 Å². The Morgan fingerprint density at radius 2 is 2.10 bits per heavy atom. The van der Waals surface area contributed by atoms with Gasteiger partial charge in [0, 0.05) is 34.6 Å². The Bertz CT molecular complexity index is 1120. The van der Waals surface area contributed by atoms with Crippen molar-refractivity contribution in [2.45, 2.75) is 26.5 Å². The minimum atomic E-state index is -0.580. The number of carbonyl (C=O) groups excluding carboxylic acids is 2. The van der Waals surface area contributed by atoms with Gasteiger partial charge in [-0.2, -0.15) is 0 Å². The van der Waals surface area contributed by atoms with Gasteiger partial charge in [0.05, 0.1) is 6.54 Å². The second-order valence-corrected chi connectivity index (χ2v) is 8.05. The molecule has 3 aromatic rings. The van der Waals surface area contributed by atoms with E-state index in [0.717, 1.165) is 22.9 Å². The van der Waals surface area contributed by atoms with Gasteiger partial charge in [-0.25, -0.2) is 9.78 Å². The third-order valence-corrected chi connectivity index (χ3v) is 5.73. The average Bonchev–Trinajstić information content (AvgIpc) is 3.40. The molecular formula is C23H22N2O5S. The third kappa shape index (κ3) is 4.86. The van der Waals surface area contributed by atoms with Gasteiger partial charge < -0.3 is 18.8 Å². The first kappa shape index (κ1) is 20.9. The normalized spacial score (nSPS) is 15.2. The smallest absolute Gasteiger partial charge is 0.331 e. The predicted octanol–water partition coefficient (Wildman–Crippen LogP) is 3.84. The van der Waals surface area contributed by atoms with Crippen LogP contribution in [-0.2, 0) is 16.1 Å². The summed E-state index contributed by atoms with van der Waals surface area (Å²) in [5, 5.41) is 2.51. The molecule has 0 N–H and O–H groups in total. The number of esters is 1. The first-order valence-electron chi connectivity index (χ1n) is 9.84. The molecule has 1 unspecified atom stereocenters. The van der Waals surface area contributed by atoms with E-state index in [1.807, 2.05) is 54.1 Å². The van der Waals surface area contributed by atoms with Crippen molar-refractivity contribution < 1.29 is 23.8 Å². The monoisotopic (exact) mass is 438 g/mol. The van der Waals surface area contributed by atoms with Crippen LogP contribution in [-0.4, -0.2) is 40.6 Å². The maximum absolute atomic E-state index is 12.6. The second kappa shape index (κ2) is 9.18. The molecule has 0 aliphatic carbocycles. The Balaban J connectivity index is 1.37. The van der Waals surface area contributed by atoms with Gasteiger partial charge in [0.15, 0.2) is 24.2 Å². The van der Waals surface area contributed by atoms with Crippen LogP contribution in [0.4, 0.5) is 0 Å². The highest BCUT2D eigenvalue weighted by molar-refractivity contribution is 7.10. The second-order valence-electron chi connectivity index (χ2n) is 7.13. The van der Waals surface area contributed by atoms with E-state index in [1.165, 1.54) is 17.4 Å². The van der Waals surface area contributed by atoms with E-state index in [2.05, 4.69) is 4.98 Å². The molecule has 4 rings (SSSR count). The van der Waals surface area contributed by atoms with Gasteiger partial charge in [0.1, 0.15) is 11.6 Å². The molecule has 7 nitrogen and oxygen atoms in total. The Hall–Kier alpha value is -3.39. The summed E-state index contributed by atoms with van der Waals surface area (Å²) >= 11 is 1.41. The highest BCUT2D eigenvalue weighted by Crippen LogP contribution is 2.31. The number of thiazole rings is 1. The summed E-state index contributed by atoms with van der Waals surface area (Å²) in [5.74, 6) is 0.627. The minimum absolute atomic E-state index is 0.170. The Labute approximate surface area is 183 Å². The Kier molecular flexibility index (Phi) is 6.18. The molecule has 3 heterocycles. The first-order valence-corrected chi connectivity index (χ1v) is 10.7. The summed E-state index contributed by atoms with van der Waals surface area (Å²) in [6, 6.07) is 9.38. The Morgan fingerprint density at radius 3 is 2.87 bits per heavy atom. The van der Waals surface area contributed by atoms with Crippen LogP contribution in [0.15, 0.2) is 48.0 Å². The summed E-state index contributed by atoms with van der Waals surface area (Å²) in [7, 11) is 0. The number of rotatable bonds is 7. The fraction of sp³-hybridized carbons (Fsp3) is 0.261. The van der Waals surface area contributed by atoms with Crippen LogP contribution in [0.3, 0.4) is 0 Å². The summed E-state index contributed by atoms with van der Waals surface area (Å²) in [6.07, 6.45) is 4.32. The number of aryl methyl sites for hydroxylation is 1. The zero-order valence-corrected chi connectivity index (χ0v) is 18.1. The topological polar surface area (TPSA) is 79.7 Å². The molecule has 31 heavy (non-hydrogen) atoms. The zero-order valence-electron chi connectivity index (χ0n) is 17.2. The van der Waals surface area contributed by atoms with E-state index >= 15 is 0 Å². The van der Waals surface area contributed by atoms with Crippen LogP contribution in [0.1, 0.15) is 26.8 Å². The van der Waals surface area contributed by atoms with Crippen molar-refractivity contribution in [1.29, 1.82) is 0 Å². The van der Waals surface area contributed by atoms with Crippen LogP contribution >= 0.6 is 11.3 Å². The first-order chi connectivity index (χ1) is 15.0. The molecule has 0 spiro atoms. The lowest BCUT2D eigenvalue weighted by Gasteiger charge is -2.27. The maximum Gasteiger partial charge on any atom is 0.331 e. The van der Waals surface area contributed by atoms with Crippen molar-refractivity contribution in [3.8, 4) is 11.5 Å². The molecule has 0 bridgehead atoms. The summed E-state index contributed by atoms with van der Waals surface area (Å²) in [6.45, 7) is 4.48. The number of fused-ring (bicyclic) bond motifs is 1. The molecule has 0 saturated heterocycles. The fourth-order valence-electron chi connectivity index (χ4n) is 3.44. The Morgan fingerprint density at radius 1 is 1.29 bits per heavy atom. The van der Waals surface area contributed by atoms with Crippen molar-refractivity contribution in [2.75, 3.05) is 13.2 Å². The largest absolute Gasteiger partial charge is 0.486 e. The number of para-hydroxylation sites is 2. The number of benzene rings is 1. The van der Waals surface area contributed by atoms with Crippen LogP contribution in [0.2, 0.25) is 0 Å². The summed E-state index contributed by atoms with van der Waals surface area (Å²) < 4.78 is 18.9. The molecule has 2 aromatic heterocycles. The van der Waals surface area contributed by atoms with Crippen LogP contribution in [0.25, 0.3) is 6.08 Å². The van der Waals surface area contributed by atoms with E-state index in [0.29, 0.717) is 23.7 Å². The van der Waals surface area contributed by atoms with E-state index in [9.17, 15) is 9.59 Å². The maximum atomic E-state index is 12.6. The number of aromatic nitrogens is 2. The number of ether oxygens (including phenoxy) is 3. The highest BCUT2D eigenvalue weighted by Gasteiger charge is 2.24. The molecule has 1 aromatic carbocycles. The minimum Gasteiger partial charge on any atom is -0.486 e. The van der Waals surface area contributed by atoms with E-state index in [-0.39, 0.29) is 18.5 Å². The predicted molar refractivity (Wildman–Crippen MR) is 117 cm³/mol. The van der Waals surface area contributed by atoms with Gasteiger partial charge in [-0.3, -0.25) is 4.79 Å². The van der Waals surface area contributed by atoms with Gasteiger partial charge in [0.2, 0.25) is 5.78 Å². The van der Waals surface area contributed by atoms with E-state index in [4.69, 9.17) is 14.2 Å². The lowest BCUT2D eigenvalue weighted by Crippen LogP contribution is -2.33. The van der Waals surface area contributed by atoms with Gasteiger partial charge in [-0.15, -0.1) is 11.3 Å². The molecule has 1 aliphatic rings. The third-order valence-electron chi connectivity index (χ3n) is 4.99. The standard InChI is InChI=1S/C23H22N2O5S/c1-15-11-18(19(26)14-29-23(27)8-7-22-24-9-10-31-22)16(2)25(15)12-17-13-28-20-5-3-4-6-21(20)30-17/h3-11,17H,12-14H2,1-2H3. The van der Waals surface area contributed by atoms with Crippen molar-refractivity contribution >= 4 is 29.2 Å². The molecule has 0 fully saturated rings. The average molecular weight is 439 g/mol. The number of carbonyl (C=O) groups is 2. The van der Waals surface area contributed by atoms with Crippen molar-refractivity contribution in [1.82, 2.24) is 9.55 Å². The molecule has 160 valence electrons. The molecule has 1 atom stereocenters. The van der Waals surface area contributed by atoms with E-state index in [1.54, 1.807) is 12.3 Å². The molecule has 0 saturated carbocycles. The van der Waals surface area contributed by atoms with Crippen LogP contribution < -0.4 is 9.47 Å². The summed E-state index contributed by atoms with van der Waals surface area (Å²) in [5.41, 5.74) is 2.27. The van der Waals surface area contributed by atoms with Crippen molar-refractivity contribution in [3.63, 3.8) is 0 Å². The highest BCUT2D eigenvalue weighted by atomic mass is 32.1. The SMILES string of the molecule is Cc1cc(C(=O)COC(=O)C=Cc2nccs2)c(C)n1CC1COc2ccccc2O1. The lowest BCUT2D eigenvalue weighted by atomic mass is 10.1. The number of hydrogen-bond donors (Lipinski definition) is 0. The van der Waals surface area contributed by atoms with Gasteiger partial charge in [0.25, 0.3) is 0 Å². The van der Waals surface area contributed by atoms with Gasteiger partial charge in [-0.1, -0.05) is 12.1 Å². The molecule has 0 radical (unpaired) electrons. The fourth-order valence-corrected chi connectivity index (χ4v) is 3.97. The molecule has 0 amide bonds. The molecule has 1 aliphatic heterocycles. The number of nitrogens with zero attached hydrogens (tertiary/aromatic N) is 2. The van der Waals surface area contributed by atoms with E-state index < -0.39 is 5.97 Å². The van der Waals surface area contributed by atoms with Gasteiger partial charge in [-0.05, 0) is 38.1 Å². The quantitative estimate of drug-likeness (QED) is 0.317. The van der Waals surface area contributed by atoms with Crippen LogP contribution in [0.5, 0.6) is 11.5 Å². The van der Waals surface area contributed by atoms with Gasteiger partial charge >= 0.3 is 5.97 Å².